The van der Waals surface area contributed by atoms with Gasteiger partial charge in [0, 0.05) is 23.4 Å². The lowest BCUT2D eigenvalue weighted by Crippen LogP contribution is -2.49. The first-order valence-electron chi connectivity index (χ1n) is 32.7. The molecule has 550 valence electrons. The molecular formula is C68H124N2O24. The number of carboxylic acids is 9. The second-order valence-electron chi connectivity index (χ2n) is 27.5. The first-order chi connectivity index (χ1) is 42.7. The number of carbonyl (C=O) groups is 13. The minimum atomic E-state index is -1.12. The van der Waals surface area contributed by atoms with Crippen molar-refractivity contribution in [3.05, 3.63) is 0 Å². The first-order valence-corrected chi connectivity index (χ1v) is 32.7. The lowest BCUT2D eigenvalue weighted by Gasteiger charge is -2.32. The van der Waals surface area contributed by atoms with Crippen molar-refractivity contribution in [1.29, 1.82) is 0 Å². The molecule has 26 nitrogen and oxygen atoms in total. The largest absolute Gasteiger partial charge is 0.481 e. The summed E-state index contributed by atoms with van der Waals surface area (Å²) in [6.07, 6.45) is 10.2. The molecular weight excluding hydrogens is 1230 g/mol. The van der Waals surface area contributed by atoms with E-state index in [1.165, 1.54) is 6.92 Å². The summed E-state index contributed by atoms with van der Waals surface area (Å²) in [5.74, 6) is -9.58. The Balaban J connectivity index is -0.000000240. The molecule has 7 atom stereocenters. The Hall–Kier alpha value is -6.89. The number of carboxylic acid groups (broad SMARTS) is 9. The molecule has 2 rings (SSSR count). The maximum atomic E-state index is 12.0. The van der Waals surface area contributed by atoms with Gasteiger partial charge in [-0.2, -0.15) is 0 Å². The zero-order valence-corrected chi connectivity index (χ0v) is 60.8. The fourth-order valence-corrected chi connectivity index (χ4v) is 6.64. The zero-order valence-electron chi connectivity index (χ0n) is 60.8. The van der Waals surface area contributed by atoms with E-state index in [-0.39, 0.29) is 80.0 Å². The van der Waals surface area contributed by atoms with Crippen molar-refractivity contribution in [3.8, 4) is 0 Å². The molecule has 0 aliphatic heterocycles. The highest BCUT2D eigenvalue weighted by atomic mass is 16.5. The van der Waals surface area contributed by atoms with Crippen LogP contribution in [0.5, 0.6) is 0 Å². The van der Waals surface area contributed by atoms with Crippen LogP contribution in [0.15, 0.2) is 0 Å². The number of hydrogen-bond donors (Lipinski definition) is 11. The Bertz CT molecular complexity index is 2240. The van der Waals surface area contributed by atoms with E-state index in [0.717, 1.165) is 51.4 Å². The molecule has 0 aromatic carbocycles. The van der Waals surface area contributed by atoms with Crippen LogP contribution in [0.25, 0.3) is 0 Å². The van der Waals surface area contributed by atoms with Crippen LogP contribution in [0, 0.1) is 62.1 Å². The highest BCUT2D eigenvalue weighted by molar-refractivity contribution is 5.84. The Morgan fingerprint density at radius 1 is 0.447 bits per heavy atom. The number of esters is 2. The van der Waals surface area contributed by atoms with E-state index in [1.54, 1.807) is 48.5 Å². The minimum absolute atomic E-state index is 0.0223. The lowest BCUT2D eigenvalue weighted by atomic mass is 9.82. The number of nitrogens with one attached hydrogen (secondary N) is 2. The van der Waals surface area contributed by atoms with Gasteiger partial charge in [-0.25, -0.2) is 0 Å². The molecule has 2 saturated carbocycles. The molecule has 26 heteroatoms. The molecule has 0 spiro atoms. The average Bonchev–Trinajstić information content (AvgIpc) is 0.876. The van der Waals surface area contributed by atoms with Gasteiger partial charge >= 0.3 is 65.7 Å². The Labute approximate surface area is 559 Å². The van der Waals surface area contributed by atoms with Crippen LogP contribution >= 0.6 is 0 Å². The third-order valence-corrected chi connectivity index (χ3v) is 17.4. The molecule has 94 heavy (non-hydrogen) atoms. The van der Waals surface area contributed by atoms with E-state index in [2.05, 4.69) is 10.6 Å². The topological polar surface area (TPSA) is 446 Å². The average molecular weight is 1350 g/mol. The maximum absolute atomic E-state index is 12.0. The van der Waals surface area contributed by atoms with Crippen LogP contribution < -0.4 is 10.6 Å². The summed E-state index contributed by atoms with van der Waals surface area (Å²) in [5, 5.41) is 82.3. The van der Waals surface area contributed by atoms with Crippen molar-refractivity contribution in [2.45, 2.75) is 280 Å². The van der Waals surface area contributed by atoms with Gasteiger partial charge in [0.2, 0.25) is 11.8 Å². The van der Waals surface area contributed by atoms with Gasteiger partial charge in [-0.15, -0.1) is 0 Å². The number of ether oxygens (including phenoxy) is 2. The van der Waals surface area contributed by atoms with Gasteiger partial charge < -0.3 is 66.1 Å². The smallest absolute Gasteiger partial charge is 0.311 e. The van der Waals surface area contributed by atoms with Crippen molar-refractivity contribution in [3.63, 3.8) is 0 Å². The van der Waals surface area contributed by atoms with Crippen LogP contribution in [-0.4, -0.2) is 149 Å². The summed E-state index contributed by atoms with van der Waals surface area (Å²) in [6.45, 7) is 40.0. The van der Waals surface area contributed by atoms with Gasteiger partial charge in [0.05, 0.1) is 64.6 Å². The predicted molar refractivity (Wildman–Crippen MR) is 354 cm³/mol. The molecule has 11 N–H and O–H groups in total. The standard InChI is InChI=1S/C13H23NO3.C13H22O4.C9H17NO3.C9H16O4.C7H12O4.2C6H12O2.C5H10O2/c1-4-13(2,3)12(17)14-10-8-6-5-7-9(10)11(15)16;1-4-13(2,3)12(16)17-10-8-6-5-7-9(10)11(14)15;1-4-9(2,3)8(13)10-6-5-7(11)12;1-4-9(2,3)8(12)13-6-5-7(10)11;1-3-7(2,6(10)11)4-5(8)9;1-4-6(2,3)5(7)8;1-4(2)5(3)6(7)8;1-3-4(2)5(6)7/h9-10H,4-8H2,1-3H3,(H,14,17)(H,15,16);9-10H,4-8H2,1-3H3,(H,14,15);4-6H2,1-3H3,(H,10,13)(H,11,12);4-6H2,1-3H3,(H,10,11);3-4H2,1-2H3,(H,8,9)(H,10,11);4H2,1-3H3,(H,7,8);4-5H,1-3H3,(H,7,8);4H,3H2,1-2H3,(H,6,7). The fraction of sp³-hybridized carbons (Fsp3) is 0.809. The molecule has 0 aromatic heterocycles. The Morgan fingerprint density at radius 2 is 0.851 bits per heavy atom. The van der Waals surface area contributed by atoms with E-state index in [9.17, 15) is 62.3 Å². The Kier molecular flexibility index (Phi) is 50.9. The second-order valence-corrected chi connectivity index (χ2v) is 27.5. The van der Waals surface area contributed by atoms with Gasteiger partial charge in [0.1, 0.15) is 12.7 Å². The number of aliphatic carboxylic acids is 9. The molecule has 2 aliphatic rings. The lowest BCUT2D eigenvalue weighted by molar-refractivity contribution is -0.169. The van der Waals surface area contributed by atoms with Crippen LogP contribution in [-0.2, 0) is 71.8 Å². The molecule has 7 unspecified atom stereocenters. The summed E-state index contributed by atoms with van der Waals surface area (Å²) in [7, 11) is 0. The molecule has 2 aliphatic carbocycles. The van der Waals surface area contributed by atoms with Gasteiger partial charge in [0.15, 0.2) is 0 Å². The number of hydrogen-bond acceptors (Lipinski definition) is 15. The number of rotatable bonds is 28. The van der Waals surface area contributed by atoms with Gasteiger partial charge in [-0.05, 0) is 131 Å². The van der Waals surface area contributed by atoms with Gasteiger partial charge in [-0.1, -0.05) is 123 Å². The van der Waals surface area contributed by atoms with Crippen LogP contribution in [0.2, 0.25) is 0 Å². The molecule has 0 heterocycles. The van der Waals surface area contributed by atoms with E-state index < -0.39 is 104 Å². The third kappa shape index (κ3) is 44.7. The van der Waals surface area contributed by atoms with E-state index >= 15 is 0 Å². The van der Waals surface area contributed by atoms with E-state index in [4.69, 9.17) is 55.4 Å². The van der Waals surface area contributed by atoms with Crippen molar-refractivity contribution in [2.24, 2.45) is 62.1 Å². The molecule has 2 fully saturated rings. The third-order valence-electron chi connectivity index (χ3n) is 17.4. The van der Waals surface area contributed by atoms with Crippen LogP contribution in [0.1, 0.15) is 268 Å². The van der Waals surface area contributed by atoms with Gasteiger partial charge in [-0.3, -0.25) is 62.3 Å². The minimum Gasteiger partial charge on any atom is -0.481 e. The number of carbonyl (C=O) groups excluding carboxylic acids is 4. The molecule has 2 amide bonds. The van der Waals surface area contributed by atoms with Crippen molar-refractivity contribution in [2.75, 3.05) is 13.2 Å². The molecule has 0 saturated heterocycles. The van der Waals surface area contributed by atoms with E-state index in [0.29, 0.717) is 44.9 Å². The summed E-state index contributed by atoms with van der Waals surface area (Å²) in [4.78, 5) is 140. The summed E-state index contributed by atoms with van der Waals surface area (Å²) >= 11 is 0. The second kappa shape index (κ2) is 48.8. The zero-order chi connectivity index (χ0) is 75.5. The highest BCUT2D eigenvalue weighted by Gasteiger charge is 2.38. The predicted octanol–water partition coefficient (Wildman–Crippen LogP) is 12.2. The fourth-order valence-electron chi connectivity index (χ4n) is 6.64. The summed E-state index contributed by atoms with van der Waals surface area (Å²) in [6, 6.07) is -0.195. The van der Waals surface area contributed by atoms with Gasteiger partial charge in [0.25, 0.3) is 0 Å². The SMILES string of the molecule is CC(C)C(C)C(=O)O.CCC(C)(C)C(=O)NC1CCCCC1C(=O)O.CCC(C)(C)C(=O)NCCC(=O)O.CCC(C)(C)C(=O)O.CCC(C)(C)C(=O)OC1CCCCC1C(=O)O.CCC(C)(C)C(=O)OCCC(=O)O.CCC(C)(CC(=O)O)C(=O)O.CCC(C)C(=O)O. The van der Waals surface area contributed by atoms with Crippen molar-refractivity contribution >= 4 is 77.5 Å². The van der Waals surface area contributed by atoms with Crippen molar-refractivity contribution < 1.29 is 118 Å². The van der Waals surface area contributed by atoms with Crippen LogP contribution in [0.3, 0.4) is 0 Å². The molecule has 0 aromatic rings. The first kappa shape index (κ1) is 98.2. The van der Waals surface area contributed by atoms with E-state index in [1.807, 2.05) is 96.9 Å². The quantitative estimate of drug-likeness (QED) is 0.0324. The molecule has 0 radical (unpaired) electrons. The Morgan fingerprint density at radius 3 is 1.15 bits per heavy atom. The van der Waals surface area contributed by atoms with Crippen molar-refractivity contribution in [1.82, 2.24) is 10.6 Å². The normalized spacial score (nSPS) is 17.2. The van der Waals surface area contributed by atoms with Crippen LogP contribution in [0.4, 0.5) is 0 Å². The highest BCUT2D eigenvalue weighted by Crippen LogP contribution is 2.32. The molecule has 0 bridgehead atoms. The number of amides is 2. The monoisotopic (exact) mass is 1350 g/mol. The summed E-state index contributed by atoms with van der Waals surface area (Å²) in [5.41, 5.74) is -3.52. The maximum Gasteiger partial charge on any atom is 0.311 e. The summed E-state index contributed by atoms with van der Waals surface area (Å²) < 4.78 is 10.2.